The lowest BCUT2D eigenvalue weighted by atomic mass is 9.98. The number of nitrogens with one attached hydrogen (secondary N) is 1. The van der Waals surface area contributed by atoms with Crippen molar-refractivity contribution in [3.05, 3.63) is 131 Å². The van der Waals surface area contributed by atoms with E-state index in [1.807, 2.05) is 84.9 Å². The quantitative estimate of drug-likeness (QED) is 0.229. The fourth-order valence-corrected chi connectivity index (χ4v) is 4.85. The number of aliphatic carboxylic acids is 1. The highest BCUT2D eigenvalue weighted by atomic mass is 19.4. The van der Waals surface area contributed by atoms with Crippen LogP contribution in [0, 0.1) is 0 Å². The highest BCUT2D eigenvalue weighted by molar-refractivity contribution is 5.96. The first kappa shape index (κ1) is 25.3. The van der Waals surface area contributed by atoms with Gasteiger partial charge in [0.15, 0.2) is 0 Å². The van der Waals surface area contributed by atoms with Gasteiger partial charge in [0.25, 0.3) is 0 Å². The molecule has 1 heterocycles. The summed E-state index contributed by atoms with van der Waals surface area (Å²) < 4.78 is 41.8. The summed E-state index contributed by atoms with van der Waals surface area (Å²) in [6.07, 6.45) is -4.48. The smallest absolute Gasteiger partial charge is 0.416 e. The Balaban J connectivity index is 1.64. The molecular formula is C31H25F3N2O2. The molecule has 0 spiro atoms. The van der Waals surface area contributed by atoms with Gasteiger partial charge >= 0.3 is 12.1 Å². The van der Waals surface area contributed by atoms with Crippen molar-refractivity contribution in [1.82, 2.24) is 9.88 Å². The summed E-state index contributed by atoms with van der Waals surface area (Å²) >= 11 is 0. The Bertz CT molecular complexity index is 1560. The Morgan fingerprint density at radius 3 is 2.13 bits per heavy atom. The van der Waals surface area contributed by atoms with Crippen molar-refractivity contribution < 1.29 is 23.1 Å². The minimum Gasteiger partial charge on any atom is -0.480 e. The number of carboxylic acids is 1. The summed E-state index contributed by atoms with van der Waals surface area (Å²) in [6.45, 7) is 0.471. The van der Waals surface area contributed by atoms with Crippen molar-refractivity contribution in [2.45, 2.75) is 25.3 Å². The van der Waals surface area contributed by atoms with Crippen LogP contribution in [0.5, 0.6) is 0 Å². The van der Waals surface area contributed by atoms with Crippen LogP contribution >= 0.6 is 0 Å². The second kappa shape index (κ2) is 10.6. The predicted octanol–water partition coefficient (Wildman–Crippen LogP) is 7.29. The Labute approximate surface area is 218 Å². The predicted molar refractivity (Wildman–Crippen MR) is 142 cm³/mol. The van der Waals surface area contributed by atoms with E-state index >= 15 is 0 Å². The molecule has 1 unspecified atom stereocenters. The molecule has 0 amide bonds. The first-order valence-corrected chi connectivity index (χ1v) is 12.2. The maximum atomic E-state index is 13.2. The maximum Gasteiger partial charge on any atom is 0.416 e. The molecule has 2 N–H and O–H groups in total. The lowest BCUT2D eigenvalue weighted by Crippen LogP contribution is -2.28. The first-order chi connectivity index (χ1) is 18.3. The summed E-state index contributed by atoms with van der Waals surface area (Å²) in [5.41, 5.74) is 3.68. The van der Waals surface area contributed by atoms with Crippen LogP contribution in [0.15, 0.2) is 109 Å². The third-order valence-electron chi connectivity index (χ3n) is 6.54. The van der Waals surface area contributed by atoms with Gasteiger partial charge in [-0.05, 0) is 28.8 Å². The molecule has 7 heteroatoms. The Morgan fingerprint density at radius 1 is 0.816 bits per heavy atom. The van der Waals surface area contributed by atoms with E-state index in [-0.39, 0.29) is 6.54 Å². The molecule has 5 rings (SSSR count). The molecule has 1 aromatic heterocycles. The van der Waals surface area contributed by atoms with Crippen molar-refractivity contribution in [2.24, 2.45) is 0 Å². The van der Waals surface area contributed by atoms with E-state index in [1.165, 1.54) is 6.07 Å². The number of para-hydroxylation sites is 1. The molecule has 38 heavy (non-hydrogen) atoms. The van der Waals surface area contributed by atoms with Crippen molar-refractivity contribution in [3.8, 4) is 11.3 Å². The number of benzene rings is 4. The largest absolute Gasteiger partial charge is 0.480 e. The number of hydrogen-bond donors (Lipinski definition) is 2. The molecule has 0 fully saturated rings. The van der Waals surface area contributed by atoms with Gasteiger partial charge in [0.2, 0.25) is 0 Å². The number of hydrogen-bond acceptors (Lipinski definition) is 2. The van der Waals surface area contributed by atoms with E-state index in [1.54, 1.807) is 6.07 Å². The van der Waals surface area contributed by atoms with Gasteiger partial charge in [-0.15, -0.1) is 0 Å². The number of aromatic nitrogens is 1. The first-order valence-electron chi connectivity index (χ1n) is 12.2. The SMILES string of the molecule is O=C(O)C(NCc1cccc(C(F)(F)F)c1)c1c(-c2ccccc2)n(Cc2ccccc2)c2ccccc12. The van der Waals surface area contributed by atoms with E-state index in [4.69, 9.17) is 0 Å². The summed E-state index contributed by atoms with van der Waals surface area (Å²) in [6, 6.07) is 30.8. The van der Waals surface area contributed by atoms with E-state index in [2.05, 4.69) is 9.88 Å². The summed E-state index contributed by atoms with van der Waals surface area (Å²) in [5, 5.41) is 14.2. The van der Waals surface area contributed by atoms with Gasteiger partial charge in [-0.25, -0.2) is 0 Å². The van der Waals surface area contributed by atoms with E-state index in [0.29, 0.717) is 17.7 Å². The lowest BCUT2D eigenvalue weighted by molar-refractivity contribution is -0.140. The summed E-state index contributed by atoms with van der Waals surface area (Å²) in [5.74, 6) is -1.11. The summed E-state index contributed by atoms with van der Waals surface area (Å²) in [7, 11) is 0. The fourth-order valence-electron chi connectivity index (χ4n) is 4.85. The average Bonchev–Trinajstić information content (AvgIpc) is 3.23. The zero-order chi connectivity index (χ0) is 26.7. The second-order valence-electron chi connectivity index (χ2n) is 9.07. The van der Waals surface area contributed by atoms with E-state index in [9.17, 15) is 23.1 Å². The van der Waals surface area contributed by atoms with Crippen LogP contribution in [0.1, 0.15) is 28.3 Å². The number of nitrogens with zero attached hydrogens (tertiary/aromatic N) is 1. The van der Waals surface area contributed by atoms with Crippen molar-refractivity contribution in [3.63, 3.8) is 0 Å². The van der Waals surface area contributed by atoms with E-state index < -0.39 is 23.8 Å². The zero-order valence-corrected chi connectivity index (χ0v) is 20.3. The normalized spacial score (nSPS) is 12.5. The van der Waals surface area contributed by atoms with Crippen LogP contribution in [0.4, 0.5) is 13.2 Å². The summed E-state index contributed by atoms with van der Waals surface area (Å²) in [4.78, 5) is 12.7. The molecule has 0 saturated heterocycles. The van der Waals surface area contributed by atoms with Gasteiger partial charge < -0.3 is 9.67 Å². The van der Waals surface area contributed by atoms with Crippen LogP contribution in [0.2, 0.25) is 0 Å². The van der Waals surface area contributed by atoms with E-state index in [0.717, 1.165) is 39.9 Å². The minimum atomic E-state index is -4.48. The van der Waals surface area contributed by atoms with Gasteiger partial charge in [0.1, 0.15) is 6.04 Å². The number of fused-ring (bicyclic) bond motifs is 1. The molecule has 0 aliphatic carbocycles. The second-order valence-corrected chi connectivity index (χ2v) is 9.07. The highest BCUT2D eigenvalue weighted by Gasteiger charge is 2.32. The van der Waals surface area contributed by atoms with Gasteiger partial charge in [0, 0.05) is 29.6 Å². The molecule has 0 aliphatic rings. The maximum absolute atomic E-state index is 13.2. The molecular weight excluding hydrogens is 489 g/mol. The van der Waals surface area contributed by atoms with Crippen LogP contribution < -0.4 is 5.32 Å². The average molecular weight is 515 g/mol. The topological polar surface area (TPSA) is 54.3 Å². The molecule has 4 aromatic carbocycles. The molecule has 1 atom stereocenters. The van der Waals surface area contributed by atoms with Gasteiger partial charge in [0.05, 0.1) is 11.3 Å². The standard InChI is InChI=1S/C31H25F3N2O2/c32-31(33,34)24-15-9-12-22(18-24)19-35-28(30(37)38)27-25-16-7-8-17-26(25)36(20-21-10-3-1-4-11-21)29(27)23-13-5-2-6-14-23/h1-18,28,35H,19-20H2,(H,37,38). The third kappa shape index (κ3) is 5.19. The Hall–Kier alpha value is -4.36. The van der Waals surface area contributed by atoms with Crippen LogP contribution in [-0.4, -0.2) is 15.6 Å². The number of rotatable bonds is 8. The van der Waals surface area contributed by atoms with Crippen molar-refractivity contribution in [1.29, 1.82) is 0 Å². The Kier molecular flexibility index (Phi) is 7.03. The van der Waals surface area contributed by atoms with Gasteiger partial charge in [-0.2, -0.15) is 13.2 Å². The molecule has 0 saturated carbocycles. The lowest BCUT2D eigenvalue weighted by Gasteiger charge is -2.19. The number of carbonyl (C=O) groups is 1. The van der Waals surface area contributed by atoms with Gasteiger partial charge in [-0.1, -0.05) is 97.1 Å². The van der Waals surface area contributed by atoms with Gasteiger partial charge in [-0.3, -0.25) is 10.1 Å². The highest BCUT2D eigenvalue weighted by Crippen LogP contribution is 2.39. The minimum absolute atomic E-state index is 0.0483. The zero-order valence-electron chi connectivity index (χ0n) is 20.3. The monoisotopic (exact) mass is 514 g/mol. The van der Waals surface area contributed by atoms with Crippen molar-refractivity contribution >= 4 is 16.9 Å². The van der Waals surface area contributed by atoms with Crippen LogP contribution in [0.3, 0.4) is 0 Å². The third-order valence-corrected chi connectivity index (χ3v) is 6.54. The van der Waals surface area contributed by atoms with Crippen LogP contribution in [0.25, 0.3) is 22.2 Å². The Morgan fingerprint density at radius 2 is 1.45 bits per heavy atom. The molecule has 5 aromatic rings. The molecule has 4 nitrogen and oxygen atoms in total. The molecule has 192 valence electrons. The number of halogens is 3. The number of alkyl halides is 3. The molecule has 0 aliphatic heterocycles. The number of carboxylic acid groups (broad SMARTS) is 1. The molecule has 0 radical (unpaired) electrons. The van der Waals surface area contributed by atoms with Crippen LogP contribution in [-0.2, 0) is 24.1 Å². The molecule has 0 bridgehead atoms. The van der Waals surface area contributed by atoms with Crippen molar-refractivity contribution in [2.75, 3.05) is 0 Å². The fraction of sp³-hybridized carbons (Fsp3) is 0.129.